The van der Waals surface area contributed by atoms with Gasteiger partial charge in [0.25, 0.3) is 5.91 Å². The highest BCUT2D eigenvalue weighted by Gasteiger charge is 2.32. The highest BCUT2D eigenvalue weighted by molar-refractivity contribution is 6.00. The van der Waals surface area contributed by atoms with Crippen LogP contribution in [0.1, 0.15) is 53.7 Å². The number of hydrogen-bond acceptors (Lipinski definition) is 6. The molecule has 1 aromatic heterocycles. The first-order valence-electron chi connectivity index (χ1n) is 16.0. The fourth-order valence-corrected chi connectivity index (χ4v) is 6.39. The second kappa shape index (κ2) is 15.5. The number of hydrogen-bond donors (Lipinski definition) is 4. The normalized spacial score (nSPS) is 17.1. The van der Waals surface area contributed by atoms with E-state index in [1.165, 1.54) is 10.2 Å². The van der Waals surface area contributed by atoms with Crippen LogP contribution in [0.4, 0.5) is 10.5 Å². The maximum absolute atomic E-state index is 13.5. The summed E-state index contributed by atoms with van der Waals surface area (Å²) in [5.41, 5.74) is 2.89. The van der Waals surface area contributed by atoms with Crippen molar-refractivity contribution in [1.29, 1.82) is 0 Å². The summed E-state index contributed by atoms with van der Waals surface area (Å²) in [7, 11) is 1.68. The smallest absolute Gasteiger partial charge is 0.405 e. The molecule has 12 heteroatoms. The van der Waals surface area contributed by atoms with Crippen molar-refractivity contribution in [2.24, 2.45) is 13.0 Å². The molecule has 0 radical (unpaired) electrons. The van der Waals surface area contributed by atoms with E-state index in [1.807, 2.05) is 18.2 Å². The molecule has 1 aliphatic heterocycles. The molecule has 12 nitrogen and oxygen atoms in total. The first-order valence-corrected chi connectivity index (χ1v) is 16.0. The molecule has 2 aromatic carbocycles. The summed E-state index contributed by atoms with van der Waals surface area (Å²) in [5.74, 6) is -0.861. The summed E-state index contributed by atoms with van der Waals surface area (Å²) in [6.07, 6.45) is 5.32. The fraction of sp³-hybridized carbons (Fsp3) is 0.441. The average molecular weight is 630 g/mol. The van der Waals surface area contributed by atoms with Crippen molar-refractivity contribution in [1.82, 2.24) is 30.2 Å². The van der Waals surface area contributed by atoms with Crippen molar-refractivity contribution >= 4 is 29.5 Å². The van der Waals surface area contributed by atoms with Gasteiger partial charge in [-0.15, -0.1) is 0 Å². The number of carbonyl (C=O) groups excluding carboxylic acids is 3. The molecular weight excluding hydrogens is 586 g/mol. The van der Waals surface area contributed by atoms with Crippen LogP contribution in [0.15, 0.2) is 66.9 Å². The molecule has 4 N–H and O–H groups in total. The zero-order chi connectivity index (χ0) is 32.5. The molecule has 4 amide bonds. The monoisotopic (exact) mass is 629 g/mol. The number of carboxylic acid groups (broad SMARTS) is 1. The first-order chi connectivity index (χ1) is 22.3. The van der Waals surface area contributed by atoms with E-state index in [9.17, 15) is 24.3 Å². The summed E-state index contributed by atoms with van der Waals surface area (Å²) in [6, 6.07) is 17.2. The molecule has 244 valence electrons. The average Bonchev–Trinajstić information content (AvgIpc) is 3.50. The summed E-state index contributed by atoms with van der Waals surface area (Å²) < 4.78 is 1.48. The predicted octanol–water partition coefficient (Wildman–Crippen LogP) is 3.26. The third-order valence-electron chi connectivity index (χ3n) is 8.93. The molecule has 0 spiro atoms. The quantitative estimate of drug-likeness (QED) is 0.254. The van der Waals surface area contributed by atoms with Gasteiger partial charge in [0.1, 0.15) is 17.8 Å². The highest BCUT2D eigenvalue weighted by atomic mass is 16.4. The topological polar surface area (TPSA) is 149 Å². The molecule has 3 aromatic rings. The van der Waals surface area contributed by atoms with Gasteiger partial charge in [-0.05, 0) is 48.1 Å². The Morgan fingerprint density at radius 3 is 2.20 bits per heavy atom. The number of benzene rings is 2. The van der Waals surface area contributed by atoms with Gasteiger partial charge in [0.15, 0.2) is 0 Å². The molecule has 0 bridgehead atoms. The van der Waals surface area contributed by atoms with Gasteiger partial charge in [-0.2, -0.15) is 5.10 Å². The second-order valence-corrected chi connectivity index (χ2v) is 12.2. The van der Waals surface area contributed by atoms with Crippen LogP contribution in [0.25, 0.3) is 0 Å². The van der Waals surface area contributed by atoms with E-state index >= 15 is 0 Å². The number of nitrogens with one attached hydrogen (secondary N) is 3. The standard InChI is InChI=1S/C34H43N7O5/c1-39-29(16-17-35-39)31(42)38-30(26-10-6-3-7-11-26)32(43)36-27-14-12-24(13-15-27)22-28(37-34(45)46)33(44)41-20-18-40(19-21-41)23-25-8-4-2-5-9-25/h2,4-5,8-9,12-17,26,28,30,37H,3,6-7,10-11,18-23H2,1H3,(H,36,43)(H,38,42)(H,45,46)/t28-,30+/m1/s1. The molecular formula is C34H43N7O5. The molecule has 1 aliphatic carbocycles. The summed E-state index contributed by atoms with van der Waals surface area (Å²) in [4.78, 5) is 55.5. The van der Waals surface area contributed by atoms with Gasteiger partial charge in [0.05, 0.1) is 0 Å². The van der Waals surface area contributed by atoms with Crippen molar-refractivity contribution in [2.45, 2.75) is 57.2 Å². The first kappa shape index (κ1) is 32.7. The van der Waals surface area contributed by atoms with Crippen molar-refractivity contribution in [3.05, 3.63) is 83.7 Å². The van der Waals surface area contributed by atoms with Gasteiger partial charge in [-0.25, -0.2) is 4.79 Å². The molecule has 5 rings (SSSR count). The van der Waals surface area contributed by atoms with E-state index in [2.05, 4.69) is 38.1 Å². The Balaban J connectivity index is 1.19. The van der Waals surface area contributed by atoms with Crippen LogP contribution in [0.3, 0.4) is 0 Å². The Morgan fingerprint density at radius 1 is 0.870 bits per heavy atom. The van der Waals surface area contributed by atoms with Crippen LogP contribution >= 0.6 is 0 Å². The van der Waals surface area contributed by atoms with E-state index < -0.39 is 18.2 Å². The Bertz CT molecular complexity index is 1480. The van der Waals surface area contributed by atoms with Gasteiger partial charge < -0.3 is 26.0 Å². The van der Waals surface area contributed by atoms with Gasteiger partial charge in [-0.1, -0.05) is 61.7 Å². The molecule has 0 unspecified atom stereocenters. The molecule has 2 heterocycles. The highest BCUT2D eigenvalue weighted by Crippen LogP contribution is 2.27. The molecule has 1 saturated heterocycles. The molecule has 2 aliphatic rings. The summed E-state index contributed by atoms with van der Waals surface area (Å²) >= 11 is 0. The number of nitrogens with zero attached hydrogens (tertiary/aromatic N) is 4. The number of amides is 4. The third-order valence-corrected chi connectivity index (χ3v) is 8.93. The fourth-order valence-electron chi connectivity index (χ4n) is 6.39. The van der Waals surface area contributed by atoms with Gasteiger partial charge in [0, 0.05) is 58.1 Å². The van der Waals surface area contributed by atoms with E-state index in [0.29, 0.717) is 37.6 Å². The van der Waals surface area contributed by atoms with Crippen LogP contribution < -0.4 is 16.0 Å². The number of aryl methyl sites for hydroxylation is 1. The third kappa shape index (κ3) is 8.72. The van der Waals surface area contributed by atoms with E-state index in [1.54, 1.807) is 48.5 Å². The largest absolute Gasteiger partial charge is 0.465 e. The van der Waals surface area contributed by atoms with Crippen LogP contribution in [-0.4, -0.2) is 86.8 Å². The number of anilines is 1. The maximum Gasteiger partial charge on any atom is 0.405 e. The van der Waals surface area contributed by atoms with E-state index in [-0.39, 0.29) is 30.1 Å². The maximum atomic E-state index is 13.5. The Hall–Kier alpha value is -4.71. The lowest BCUT2D eigenvalue weighted by Gasteiger charge is -2.36. The van der Waals surface area contributed by atoms with E-state index in [0.717, 1.165) is 44.2 Å². The van der Waals surface area contributed by atoms with Crippen LogP contribution in [0, 0.1) is 5.92 Å². The van der Waals surface area contributed by atoms with Crippen LogP contribution in [-0.2, 0) is 29.6 Å². The minimum Gasteiger partial charge on any atom is -0.465 e. The molecule has 1 saturated carbocycles. The van der Waals surface area contributed by atoms with Gasteiger partial charge in [0.2, 0.25) is 11.8 Å². The second-order valence-electron chi connectivity index (χ2n) is 12.2. The lowest BCUT2D eigenvalue weighted by Crippen LogP contribution is -2.55. The minimum absolute atomic E-state index is 0.0271. The lowest BCUT2D eigenvalue weighted by atomic mass is 9.83. The Morgan fingerprint density at radius 2 is 1.57 bits per heavy atom. The number of carbonyl (C=O) groups is 4. The molecule has 2 fully saturated rings. The van der Waals surface area contributed by atoms with Crippen molar-refractivity contribution in [3.63, 3.8) is 0 Å². The lowest BCUT2D eigenvalue weighted by molar-refractivity contribution is -0.135. The minimum atomic E-state index is -1.26. The zero-order valence-corrected chi connectivity index (χ0v) is 26.2. The Kier molecular flexibility index (Phi) is 11.0. The predicted molar refractivity (Wildman–Crippen MR) is 173 cm³/mol. The van der Waals surface area contributed by atoms with E-state index in [4.69, 9.17) is 0 Å². The van der Waals surface area contributed by atoms with Crippen molar-refractivity contribution in [3.8, 4) is 0 Å². The number of rotatable bonds is 11. The van der Waals surface area contributed by atoms with Gasteiger partial charge in [-0.3, -0.25) is 24.0 Å². The van der Waals surface area contributed by atoms with Crippen LogP contribution in [0.2, 0.25) is 0 Å². The Labute approximate surface area is 269 Å². The summed E-state index contributed by atoms with van der Waals surface area (Å²) in [6.45, 7) is 3.26. The molecule has 2 atom stereocenters. The number of aromatic nitrogens is 2. The van der Waals surface area contributed by atoms with Crippen molar-refractivity contribution < 1.29 is 24.3 Å². The zero-order valence-electron chi connectivity index (χ0n) is 26.2. The van der Waals surface area contributed by atoms with Gasteiger partial charge >= 0.3 is 6.09 Å². The van der Waals surface area contributed by atoms with Crippen LogP contribution in [0.5, 0.6) is 0 Å². The molecule has 46 heavy (non-hydrogen) atoms. The SMILES string of the molecule is Cn1nccc1C(=O)N[C@H](C(=O)Nc1ccc(C[C@@H](NC(=O)O)C(=O)N2CCN(Cc3ccccc3)CC2)cc1)C1CCCCC1. The summed E-state index contributed by atoms with van der Waals surface area (Å²) in [5, 5.41) is 21.8. The van der Waals surface area contributed by atoms with Crippen molar-refractivity contribution in [2.75, 3.05) is 31.5 Å². The number of piperazine rings is 1.